The molecule has 1 heteroatoms. The maximum Gasteiger partial charge on any atom is 0.0271 e. The number of fused-ring (bicyclic) bond motifs is 8. The highest BCUT2D eigenvalue weighted by Gasteiger charge is 3.48. The van der Waals surface area contributed by atoms with Crippen LogP contribution in [0.3, 0.4) is 0 Å². The number of hydrogen-bond donors (Lipinski definition) is 1. The summed E-state index contributed by atoms with van der Waals surface area (Å²) in [6.07, 6.45) is 6.83. The summed E-state index contributed by atoms with van der Waals surface area (Å²) in [6, 6.07) is 0. The van der Waals surface area contributed by atoms with E-state index in [4.69, 9.17) is 12.6 Å². The number of rotatable bonds is 0. The van der Waals surface area contributed by atoms with Crippen molar-refractivity contribution in [2.24, 2.45) is 114 Å². The van der Waals surface area contributed by atoms with Gasteiger partial charge in [0, 0.05) is 10.2 Å². The summed E-state index contributed by atoms with van der Waals surface area (Å²) in [5.74, 6) is 14.0. The van der Waals surface area contributed by atoms with Gasteiger partial charge in [-0.2, -0.15) is 12.6 Å². The Morgan fingerprint density at radius 2 is 0.923 bits per heavy atom. The van der Waals surface area contributed by atoms with Crippen molar-refractivity contribution in [3.63, 3.8) is 0 Å². The lowest BCUT2D eigenvalue weighted by Crippen LogP contribution is -3.47. The van der Waals surface area contributed by atoms with Crippen LogP contribution < -0.4 is 0 Å². The Bertz CT molecular complexity index is 1150. The Morgan fingerprint density at radius 3 is 1.42 bits per heavy atom. The molecule has 0 amide bonds. The molecule has 16 rings (SSSR count). The van der Waals surface area contributed by atoms with E-state index in [0.717, 1.165) is 60.6 Å². The van der Waals surface area contributed by atoms with Crippen molar-refractivity contribution < 1.29 is 0 Å². The largest absolute Gasteiger partial charge is 0.171 e. The maximum atomic E-state index is 5.80. The Balaban J connectivity index is 1.23. The van der Waals surface area contributed by atoms with Crippen molar-refractivity contribution in [1.82, 2.24) is 0 Å². The molecule has 16 unspecified atom stereocenters. The first-order valence-electron chi connectivity index (χ1n) is 12.5. The molecule has 16 aliphatic carbocycles. The highest BCUT2D eigenvalue weighted by molar-refractivity contribution is 7.82. The molecule has 16 saturated carbocycles. The van der Waals surface area contributed by atoms with Gasteiger partial charge in [0.15, 0.2) is 0 Å². The van der Waals surface area contributed by atoms with Crippen molar-refractivity contribution in [2.75, 3.05) is 0 Å². The third-order valence-corrected chi connectivity index (χ3v) is 20.8. The Kier molecular flexibility index (Phi) is 0.604. The Labute approximate surface area is 157 Å². The molecule has 0 N–H and O–H groups in total. The van der Waals surface area contributed by atoms with Gasteiger partial charge < -0.3 is 0 Å². The first-order chi connectivity index (χ1) is 12.8. The third-order valence-electron chi connectivity index (χ3n) is 19.9. The van der Waals surface area contributed by atoms with Crippen LogP contribution in [0.5, 0.6) is 0 Å². The van der Waals surface area contributed by atoms with Crippen LogP contribution in [0.15, 0.2) is 0 Å². The molecule has 126 valence electrons. The molecule has 0 aromatic heterocycles. The number of thiol groups is 1. The molecule has 0 aromatic carbocycles. The number of hydrogen-bond acceptors (Lipinski definition) is 1. The van der Waals surface area contributed by atoms with Gasteiger partial charge in [-0.3, -0.25) is 0 Å². The van der Waals surface area contributed by atoms with Crippen molar-refractivity contribution >= 4 is 12.6 Å². The SMILES string of the molecule is SC12C3CC4C5C6CC7C8C9CC%10C%11C%12CC1C%121C%11%12C9%10C89C76C56C43C21C96%12. The minimum atomic E-state index is 0.620. The predicted molar refractivity (Wildman–Crippen MR) is 90.5 cm³/mol. The first kappa shape index (κ1) is 9.90. The normalized spacial score (nSPS) is 123. The smallest absolute Gasteiger partial charge is 0.0271 e. The van der Waals surface area contributed by atoms with Crippen LogP contribution in [-0.2, 0) is 0 Å². The van der Waals surface area contributed by atoms with Crippen molar-refractivity contribution in [3.8, 4) is 0 Å². The molecule has 26 heavy (non-hydrogen) atoms. The zero-order valence-electron chi connectivity index (χ0n) is 14.6. The molecule has 0 heterocycles. The second-order valence-electron chi connectivity index (χ2n) is 15.5. The Hall–Kier alpha value is 0.350. The van der Waals surface area contributed by atoms with Gasteiger partial charge >= 0.3 is 0 Å². The van der Waals surface area contributed by atoms with E-state index < -0.39 is 0 Å². The summed E-state index contributed by atoms with van der Waals surface area (Å²) in [5, 5.41) is 0. The monoisotopic (exact) mass is 352 g/mol. The van der Waals surface area contributed by atoms with E-state index in [-0.39, 0.29) is 0 Å². The molecule has 0 radical (unpaired) electrons. The molecule has 0 saturated heterocycles. The topological polar surface area (TPSA) is 0 Å². The van der Waals surface area contributed by atoms with E-state index in [2.05, 4.69) is 0 Å². The van der Waals surface area contributed by atoms with E-state index in [9.17, 15) is 0 Å². The molecule has 16 fully saturated rings. The van der Waals surface area contributed by atoms with E-state index in [1.54, 1.807) is 25.7 Å². The van der Waals surface area contributed by atoms with Gasteiger partial charge in [0.25, 0.3) is 0 Å². The van der Waals surface area contributed by atoms with Gasteiger partial charge in [-0.25, -0.2) is 0 Å². The second kappa shape index (κ2) is 1.59. The van der Waals surface area contributed by atoms with Crippen LogP contribution in [0.2, 0.25) is 0 Å². The Morgan fingerprint density at radius 1 is 0.500 bits per heavy atom. The lowest BCUT2D eigenvalue weighted by atomic mass is 8.55. The van der Waals surface area contributed by atoms with Crippen LogP contribution in [0.4, 0.5) is 0 Å². The standard InChI is InChI=1S/C25H20S/c26-20-11-3-9-14-7-1-5-13-6-2-8-15-10-4-12(20)19(10)23(15)17(6,8)21(13)16(5,7)22(14)18(9,11)24(19,20)25(21,22)23/h5-15,26H,1-4H2. The van der Waals surface area contributed by atoms with Gasteiger partial charge in [-0.05, 0) is 134 Å². The summed E-state index contributed by atoms with van der Waals surface area (Å²) in [7, 11) is 0. The molecule has 0 aromatic rings. The van der Waals surface area contributed by atoms with Crippen LogP contribution in [0, 0.1) is 114 Å². The minimum Gasteiger partial charge on any atom is -0.171 e. The fourth-order valence-electron chi connectivity index (χ4n) is 23.8. The minimum absolute atomic E-state index is 0.620. The average molecular weight is 353 g/mol. The lowest BCUT2D eigenvalue weighted by Gasteiger charge is -3.48. The fourth-order valence-corrected chi connectivity index (χ4v) is 25.0. The van der Waals surface area contributed by atoms with Gasteiger partial charge in [-0.15, -0.1) is 0 Å². The van der Waals surface area contributed by atoms with E-state index in [0.29, 0.717) is 4.75 Å². The molecule has 0 nitrogen and oxygen atoms in total. The first-order valence-corrected chi connectivity index (χ1v) is 12.9. The van der Waals surface area contributed by atoms with E-state index in [1.807, 2.05) is 0 Å². The average Bonchev–Trinajstić information content (AvgIpc) is 2.49. The summed E-state index contributed by atoms with van der Waals surface area (Å²) in [5.41, 5.74) is 9.16. The molecule has 16 aliphatic rings. The zero-order chi connectivity index (χ0) is 15.2. The molecule has 16 atom stereocenters. The summed E-state index contributed by atoms with van der Waals surface area (Å²) >= 11 is 5.80. The van der Waals surface area contributed by atoms with Crippen molar-refractivity contribution in [3.05, 3.63) is 0 Å². The molecular formula is C25H20S. The van der Waals surface area contributed by atoms with Crippen molar-refractivity contribution in [1.29, 1.82) is 0 Å². The third kappa shape index (κ3) is 0.240. The van der Waals surface area contributed by atoms with Crippen LogP contribution in [-0.4, -0.2) is 4.75 Å². The summed E-state index contributed by atoms with van der Waals surface area (Å²) in [4.78, 5) is 0. The zero-order valence-corrected chi connectivity index (χ0v) is 15.5. The lowest BCUT2D eigenvalue weighted by molar-refractivity contribution is -1.02. The van der Waals surface area contributed by atoms with Gasteiger partial charge in [0.05, 0.1) is 0 Å². The van der Waals surface area contributed by atoms with E-state index in [1.165, 1.54) is 53.3 Å². The van der Waals surface area contributed by atoms with Gasteiger partial charge in [-0.1, -0.05) is 0 Å². The quantitative estimate of drug-likeness (QED) is 0.637. The molecule has 0 bridgehead atoms. The summed E-state index contributed by atoms with van der Waals surface area (Å²) in [6.45, 7) is 0. The molecular weight excluding hydrogens is 332 g/mol. The van der Waals surface area contributed by atoms with Gasteiger partial charge in [0.1, 0.15) is 0 Å². The summed E-state index contributed by atoms with van der Waals surface area (Å²) < 4.78 is 0.620. The highest BCUT2D eigenvalue weighted by atomic mass is 32.1. The maximum absolute atomic E-state index is 5.80. The second-order valence-corrected chi connectivity index (χ2v) is 16.2. The van der Waals surface area contributed by atoms with Crippen LogP contribution >= 0.6 is 12.6 Å². The molecule has 0 aliphatic heterocycles. The predicted octanol–water partition coefficient (Wildman–Crippen LogP) is 3.09. The van der Waals surface area contributed by atoms with Crippen molar-refractivity contribution in [2.45, 2.75) is 30.4 Å². The fraction of sp³-hybridized carbons (Fsp3) is 1.00. The van der Waals surface area contributed by atoms with Crippen LogP contribution in [0.25, 0.3) is 0 Å². The van der Waals surface area contributed by atoms with Gasteiger partial charge in [0.2, 0.25) is 0 Å². The van der Waals surface area contributed by atoms with E-state index >= 15 is 0 Å². The van der Waals surface area contributed by atoms with Crippen LogP contribution in [0.1, 0.15) is 25.7 Å². The molecule has 9 spiro atoms. The highest BCUT2D eigenvalue weighted by Crippen LogP contribution is 3.49.